The minimum Gasteiger partial charge on any atom is -0.450 e. The van der Waals surface area contributed by atoms with Crippen molar-refractivity contribution in [1.82, 2.24) is 0 Å². The molecule has 0 amide bonds. The number of aryl methyl sites for hydroxylation is 1. The molecule has 0 aliphatic rings. The van der Waals surface area contributed by atoms with E-state index in [4.69, 9.17) is 4.74 Å². The van der Waals surface area contributed by atoms with Crippen LogP contribution < -0.4 is 10.1 Å². The molecular weight excluding hydrogens is 362 g/mol. The SMILES string of the molecule is Cc1ccc(NCc2ccccc2Oc2ccc([N+](=O)[O-])cc2[N+](=O)[O-])cc1. The lowest BCUT2D eigenvalue weighted by Crippen LogP contribution is -2.02. The predicted molar refractivity (Wildman–Crippen MR) is 105 cm³/mol. The summed E-state index contributed by atoms with van der Waals surface area (Å²) in [6.45, 7) is 2.45. The summed E-state index contributed by atoms with van der Waals surface area (Å²) in [5.41, 5.74) is 2.04. The second-order valence-electron chi connectivity index (χ2n) is 6.10. The minimum absolute atomic E-state index is 0.0571. The summed E-state index contributed by atoms with van der Waals surface area (Å²) in [5, 5.41) is 25.4. The van der Waals surface area contributed by atoms with Crippen molar-refractivity contribution in [3.8, 4) is 11.5 Å². The lowest BCUT2D eigenvalue weighted by molar-refractivity contribution is -0.394. The van der Waals surface area contributed by atoms with Crippen molar-refractivity contribution in [3.63, 3.8) is 0 Å². The first-order valence-corrected chi connectivity index (χ1v) is 8.43. The van der Waals surface area contributed by atoms with Crippen LogP contribution in [0.4, 0.5) is 17.1 Å². The highest BCUT2D eigenvalue weighted by Crippen LogP contribution is 2.35. The van der Waals surface area contributed by atoms with E-state index >= 15 is 0 Å². The largest absolute Gasteiger partial charge is 0.450 e. The summed E-state index contributed by atoms with van der Waals surface area (Å²) in [7, 11) is 0. The first kappa shape index (κ1) is 18.8. The van der Waals surface area contributed by atoms with Gasteiger partial charge in [-0.15, -0.1) is 0 Å². The summed E-state index contributed by atoms with van der Waals surface area (Å²) in [4.78, 5) is 20.8. The normalized spacial score (nSPS) is 10.3. The monoisotopic (exact) mass is 379 g/mol. The molecule has 3 aromatic rings. The quantitative estimate of drug-likeness (QED) is 0.446. The fourth-order valence-electron chi connectivity index (χ4n) is 2.58. The third-order valence-corrected chi connectivity index (χ3v) is 4.08. The molecule has 0 atom stereocenters. The summed E-state index contributed by atoms with van der Waals surface area (Å²) in [5.74, 6) is 0.373. The van der Waals surface area contributed by atoms with Gasteiger partial charge >= 0.3 is 5.69 Å². The van der Waals surface area contributed by atoms with Gasteiger partial charge in [-0.25, -0.2) is 0 Å². The van der Waals surface area contributed by atoms with Crippen LogP contribution >= 0.6 is 0 Å². The van der Waals surface area contributed by atoms with E-state index in [2.05, 4.69) is 5.32 Å². The van der Waals surface area contributed by atoms with Crippen LogP contribution in [0.1, 0.15) is 11.1 Å². The van der Waals surface area contributed by atoms with Crippen molar-refractivity contribution in [2.24, 2.45) is 0 Å². The van der Waals surface area contributed by atoms with Gasteiger partial charge in [0.15, 0.2) is 0 Å². The summed E-state index contributed by atoms with van der Waals surface area (Å²) < 4.78 is 5.74. The molecular formula is C20H17N3O5. The van der Waals surface area contributed by atoms with Crippen LogP contribution in [0.15, 0.2) is 66.7 Å². The molecule has 0 aromatic heterocycles. The maximum absolute atomic E-state index is 11.3. The smallest absolute Gasteiger partial charge is 0.318 e. The Hall–Kier alpha value is -3.94. The van der Waals surface area contributed by atoms with Crippen molar-refractivity contribution in [2.75, 3.05) is 5.32 Å². The molecule has 3 rings (SSSR count). The van der Waals surface area contributed by atoms with E-state index in [-0.39, 0.29) is 11.4 Å². The highest BCUT2D eigenvalue weighted by Gasteiger charge is 2.21. The van der Waals surface area contributed by atoms with Crippen molar-refractivity contribution < 1.29 is 14.6 Å². The molecule has 0 radical (unpaired) electrons. The number of anilines is 1. The molecule has 8 nitrogen and oxygen atoms in total. The average Bonchev–Trinajstić information content (AvgIpc) is 2.68. The van der Waals surface area contributed by atoms with Gasteiger partial charge in [0.25, 0.3) is 5.69 Å². The second kappa shape index (κ2) is 8.17. The number of nitro groups is 2. The maximum atomic E-state index is 11.3. The van der Waals surface area contributed by atoms with E-state index in [9.17, 15) is 20.2 Å². The number of nitrogens with zero attached hydrogens (tertiary/aromatic N) is 2. The van der Waals surface area contributed by atoms with Crippen LogP contribution in [-0.4, -0.2) is 9.85 Å². The number of benzene rings is 3. The molecule has 0 heterocycles. The standard InChI is InChI=1S/C20H17N3O5/c1-14-6-8-16(9-7-14)21-13-15-4-2-3-5-19(15)28-20-11-10-17(22(24)25)12-18(20)23(26)27/h2-12,21H,13H2,1H3. The molecule has 3 aromatic carbocycles. The third kappa shape index (κ3) is 4.42. The van der Waals surface area contributed by atoms with E-state index in [1.807, 2.05) is 43.3 Å². The topological polar surface area (TPSA) is 108 Å². The van der Waals surface area contributed by atoms with Crippen LogP contribution in [0.3, 0.4) is 0 Å². The molecule has 0 saturated heterocycles. The zero-order chi connectivity index (χ0) is 20.1. The average molecular weight is 379 g/mol. The molecule has 1 N–H and O–H groups in total. The van der Waals surface area contributed by atoms with Gasteiger partial charge in [0, 0.05) is 23.9 Å². The maximum Gasteiger partial charge on any atom is 0.318 e. The number of para-hydroxylation sites is 1. The van der Waals surface area contributed by atoms with Gasteiger partial charge in [0.2, 0.25) is 5.75 Å². The van der Waals surface area contributed by atoms with Gasteiger partial charge in [-0.3, -0.25) is 20.2 Å². The van der Waals surface area contributed by atoms with Gasteiger partial charge in [0.05, 0.1) is 15.9 Å². The second-order valence-corrected chi connectivity index (χ2v) is 6.10. The Morgan fingerprint density at radius 2 is 1.61 bits per heavy atom. The first-order chi connectivity index (χ1) is 13.4. The fraction of sp³-hybridized carbons (Fsp3) is 0.100. The fourth-order valence-corrected chi connectivity index (χ4v) is 2.58. The Kier molecular flexibility index (Phi) is 5.50. The van der Waals surface area contributed by atoms with E-state index in [1.165, 1.54) is 12.1 Å². The highest BCUT2D eigenvalue weighted by molar-refractivity contribution is 5.55. The molecule has 142 valence electrons. The van der Waals surface area contributed by atoms with Crippen molar-refractivity contribution in [1.29, 1.82) is 0 Å². The molecule has 28 heavy (non-hydrogen) atoms. The van der Waals surface area contributed by atoms with Gasteiger partial charge in [0.1, 0.15) is 5.75 Å². The summed E-state index contributed by atoms with van der Waals surface area (Å²) in [6.07, 6.45) is 0. The Balaban J connectivity index is 1.84. The van der Waals surface area contributed by atoms with E-state index < -0.39 is 15.5 Å². The molecule has 0 aliphatic carbocycles. The van der Waals surface area contributed by atoms with Crippen molar-refractivity contribution >= 4 is 17.1 Å². The Morgan fingerprint density at radius 3 is 2.29 bits per heavy atom. The zero-order valence-corrected chi connectivity index (χ0v) is 15.0. The van der Waals surface area contributed by atoms with Gasteiger partial charge in [-0.1, -0.05) is 35.9 Å². The van der Waals surface area contributed by atoms with Gasteiger partial charge in [-0.05, 0) is 31.2 Å². The van der Waals surface area contributed by atoms with Crippen LogP contribution in [0.2, 0.25) is 0 Å². The Labute approximate surface area is 160 Å². The van der Waals surface area contributed by atoms with Crippen LogP contribution in [0.5, 0.6) is 11.5 Å². The summed E-state index contributed by atoms with van der Waals surface area (Å²) in [6, 6.07) is 18.3. The molecule has 0 aliphatic heterocycles. The predicted octanol–water partition coefficient (Wildman–Crippen LogP) is 5.22. The van der Waals surface area contributed by atoms with Crippen LogP contribution in [0.25, 0.3) is 0 Å². The van der Waals surface area contributed by atoms with Crippen molar-refractivity contribution in [3.05, 3.63) is 98.1 Å². The van der Waals surface area contributed by atoms with E-state index in [0.29, 0.717) is 12.3 Å². The molecule has 0 saturated carbocycles. The highest BCUT2D eigenvalue weighted by atomic mass is 16.6. The number of hydrogen-bond donors (Lipinski definition) is 1. The first-order valence-electron chi connectivity index (χ1n) is 8.43. The molecule has 0 bridgehead atoms. The number of rotatable bonds is 7. The molecule has 0 spiro atoms. The number of hydrogen-bond acceptors (Lipinski definition) is 6. The minimum atomic E-state index is -0.699. The lowest BCUT2D eigenvalue weighted by Gasteiger charge is -2.13. The Bertz CT molecular complexity index is 1020. The third-order valence-electron chi connectivity index (χ3n) is 4.08. The lowest BCUT2D eigenvalue weighted by atomic mass is 10.2. The van der Waals surface area contributed by atoms with Gasteiger partial charge in [-0.2, -0.15) is 0 Å². The van der Waals surface area contributed by atoms with Crippen molar-refractivity contribution in [2.45, 2.75) is 13.5 Å². The van der Waals surface area contributed by atoms with E-state index in [1.54, 1.807) is 12.1 Å². The van der Waals surface area contributed by atoms with E-state index in [0.717, 1.165) is 22.9 Å². The molecule has 8 heteroatoms. The Morgan fingerprint density at radius 1 is 0.893 bits per heavy atom. The number of ether oxygens (including phenoxy) is 1. The zero-order valence-electron chi connectivity index (χ0n) is 15.0. The van der Waals surface area contributed by atoms with Crippen LogP contribution in [-0.2, 0) is 6.54 Å². The molecule has 0 unspecified atom stereocenters. The number of nitro benzene ring substituents is 2. The van der Waals surface area contributed by atoms with Gasteiger partial charge < -0.3 is 10.1 Å². The number of non-ortho nitro benzene ring substituents is 1. The number of nitrogens with one attached hydrogen (secondary N) is 1. The molecule has 0 fully saturated rings. The summed E-state index contributed by atoms with van der Waals surface area (Å²) >= 11 is 0. The van der Waals surface area contributed by atoms with Crippen LogP contribution in [0, 0.1) is 27.2 Å².